The smallest absolute Gasteiger partial charge is 0.0213 e. The molecule has 0 aromatic carbocycles. The minimum atomic E-state index is 0.533. The predicted octanol–water partition coefficient (Wildman–Crippen LogP) is 13.2. The van der Waals surface area contributed by atoms with Gasteiger partial charge < -0.3 is 0 Å². The van der Waals surface area contributed by atoms with Gasteiger partial charge in [0.1, 0.15) is 0 Å². The van der Waals surface area contributed by atoms with E-state index in [1.807, 2.05) is 0 Å². The molecule has 0 bridgehead atoms. The van der Waals surface area contributed by atoms with E-state index >= 15 is 0 Å². The molecular weight excluding hydrogens is 492 g/mol. The van der Waals surface area contributed by atoms with Gasteiger partial charge in [-0.1, -0.05) is 106 Å². The number of hydrogen-bond donors (Lipinski definition) is 0. The molecule has 0 N–H and O–H groups in total. The summed E-state index contributed by atoms with van der Waals surface area (Å²) in [5, 5.41) is 0. The van der Waals surface area contributed by atoms with E-state index in [4.69, 9.17) is 0 Å². The molecule has 41 heavy (non-hydrogen) atoms. The van der Waals surface area contributed by atoms with E-state index in [1.54, 1.807) is 0 Å². The van der Waals surface area contributed by atoms with E-state index in [-0.39, 0.29) is 0 Å². The Balaban J connectivity index is 1.74. The first-order valence-electron chi connectivity index (χ1n) is 18.9. The highest BCUT2D eigenvalue weighted by molar-refractivity contribution is 5.05. The van der Waals surface area contributed by atoms with Gasteiger partial charge in [-0.05, 0) is 141 Å². The number of fused-ring (bicyclic) bond motifs is 1. The molecule has 0 saturated heterocycles. The van der Waals surface area contributed by atoms with Crippen molar-refractivity contribution < 1.29 is 0 Å². The molecule has 3 saturated carbocycles. The molecule has 0 amide bonds. The molecule has 3 aliphatic carbocycles. The molecule has 0 aliphatic heterocycles. The van der Waals surface area contributed by atoms with Crippen LogP contribution in [0.25, 0.3) is 0 Å². The molecule has 3 fully saturated rings. The average molecular weight is 567 g/mol. The van der Waals surface area contributed by atoms with Crippen LogP contribution in [-0.4, -0.2) is 0 Å². The van der Waals surface area contributed by atoms with Crippen LogP contribution >= 0.6 is 0 Å². The summed E-state index contributed by atoms with van der Waals surface area (Å²) in [6, 6.07) is 0. The molecule has 0 radical (unpaired) electrons. The second-order valence-electron chi connectivity index (χ2n) is 16.4. The van der Waals surface area contributed by atoms with Crippen LogP contribution in [0.15, 0.2) is 25.3 Å². The van der Waals surface area contributed by atoms with Crippen molar-refractivity contribution in [1.29, 1.82) is 0 Å². The summed E-state index contributed by atoms with van der Waals surface area (Å²) in [4.78, 5) is 0. The molecule has 0 spiro atoms. The predicted molar refractivity (Wildman–Crippen MR) is 184 cm³/mol. The van der Waals surface area contributed by atoms with Gasteiger partial charge in [0.15, 0.2) is 0 Å². The maximum Gasteiger partial charge on any atom is -0.0213 e. The van der Waals surface area contributed by atoms with Crippen LogP contribution in [0.4, 0.5) is 0 Å². The Bertz CT molecular complexity index is 756. The van der Waals surface area contributed by atoms with E-state index < -0.39 is 0 Å². The first-order valence-corrected chi connectivity index (χ1v) is 18.9. The summed E-state index contributed by atoms with van der Waals surface area (Å²) in [5.74, 6) is 10.7. The van der Waals surface area contributed by atoms with Crippen molar-refractivity contribution in [3.8, 4) is 0 Å². The summed E-state index contributed by atoms with van der Waals surface area (Å²) in [5.41, 5.74) is 0.533. The average Bonchev–Trinajstić information content (AvgIpc) is 2.96. The van der Waals surface area contributed by atoms with Crippen molar-refractivity contribution >= 4 is 0 Å². The largest absolute Gasteiger partial charge is 0.103 e. The van der Waals surface area contributed by atoms with Crippen LogP contribution in [0.2, 0.25) is 0 Å². The summed E-state index contributed by atoms with van der Waals surface area (Å²) in [6.07, 6.45) is 27.2. The van der Waals surface area contributed by atoms with Crippen LogP contribution < -0.4 is 0 Å². The third kappa shape index (κ3) is 8.35. The second-order valence-corrected chi connectivity index (χ2v) is 16.4. The fourth-order valence-corrected chi connectivity index (χ4v) is 11.7. The number of unbranched alkanes of at least 4 members (excludes halogenated alkanes) is 1. The fourth-order valence-electron chi connectivity index (χ4n) is 11.7. The van der Waals surface area contributed by atoms with Gasteiger partial charge in [-0.25, -0.2) is 0 Å². The van der Waals surface area contributed by atoms with Crippen molar-refractivity contribution in [3.05, 3.63) is 25.3 Å². The highest BCUT2D eigenvalue weighted by Crippen LogP contribution is 2.64. The van der Waals surface area contributed by atoms with Crippen molar-refractivity contribution in [3.63, 3.8) is 0 Å². The van der Waals surface area contributed by atoms with Crippen molar-refractivity contribution in [2.24, 2.45) is 76.4 Å². The van der Waals surface area contributed by atoms with Crippen molar-refractivity contribution in [1.82, 2.24) is 0 Å². The molecule has 0 heteroatoms. The normalized spacial score (nSPS) is 38.8. The third-order valence-corrected chi connectivity index (χ3v) is 14.0. The summed E-state index contributed by atoms with van der Waals surface area (Å²) in [6.45, 7) is 28.8. The summed E-state index contributed by atoms with van der Waals surface area (Å²) >= 11 is 0. The molecule has 3 aliphatic rings. The van der Waals surface area contributed by atoms with Crippen LogP contribution in [0, 0.1) is 76.4 Å². The fraction of sp³-hybridized carbons (Fsp3) is 0.902. The van der Waals surface area contributed by atoms with Crippen LogP contribution in [0.1, 0.15) is 158 Å². The van der Waals surface area contributed by atoms with Gasteiger partial charge in [0.05, 0.1) is 0 Å². The van der Waals surface area contributed by atoms with Gasteiger partial charge >= 0.3 is 0 Å². The Morgan fingerprint density at radius 2 is 1.61 bits per heavy atom. The van der Waals surface area contributed by atoms with Gasteiger partial charge in [-0.2, -0.15) is 0 Å². The molecule has 11 unspecified atom stereocenters. The number of hydrogen-bond acceptors (Lipinski definition) is 0. The van der Waals surface area contributed by atoms with Gasteiger partial charge in [0, 0.05) is 0 Å². The third-order valence-electron chi connectivity index (χ3n) is 14.0. The lowest BCUT2D eigenvalue weighted by Crippen LogP contribution is -2.55. The minimum Gasteiger partial charge on any atom is -0.103 e. The minimum absolute atomic E-state index is 0.533. The Morgan fingerprint density at radius 3 is 2.20 bits per heavy atom. The maximum atomic E-state index is 4.21. The zero-order valence-electron chi connectivity index (χ0n) is 29.3. The highest BCUT2D eigenvalue weighted by atomic mass is 14.6. The molecule has 11 atom stereocenters. The Morgan fingerprint density at radius 1 is 0.902 bits per heavy atom. The topological polar surface area (TPSA) is 0 Å². The zero-order chi connectivity index (χ0) is 30.2. The molecular formula is C41H74. The maximum absolute atomic E-state index is 4.21. The van der Waals surface area contributed by atoms with E-state index in [0.717, 1.165) is 65.1 Å². The lowest BCUT2D eigenvalue weighted by atomic mass is 9.43. The second kappa shape index (κ2) is 16.5. The molecule has 3 rings (SSSR count). The van der Waals surface area contributed by atoms with E-state index in [2.05, 4.69) is 80.7 Å². The monoisotopic (exact) mass is 567 g/mol. The summed E-state index contributed by atoms with van der Waals surface area (Å²) < 4.78 is 0. The SMILES string of the molecule is C=CCCCC1CCC(C(C)CCC2(C)C(CC)C(CC)C(C(C)CC(C)C(C=C)CC)C3CC(C)CCC32)CC1. The van der Waals surface area contributed by atoms with Gasteiger partial charge in [-0.3, -0.25) is 0 Å². The van der Waals surface area contributed by atoms with E-state index in [9.17, 15) is 0 Å². The lowest BCUT2D eigenvalue weighted by Gasteiger charge is -2.62. The molecule has 238 valence electrons. The molecule has 0 nitrogen and oxygen atoms in total. The Labute approximate surface area is 259 Å². The van der Waals surface area contributed by atoms with Gasteiger partial charge in [-0.15, -0.1) is 13.2 Å². The standard InChI is InChI=1S/C41H74/c1-11-16-17-18-33-20-22-35(23-21-33)30(7)25-26-41(10)38(15-5)36(14-4)40(37-27-29(6)19-24-39(37)41)32(9)28-31(8)34(12-2)13-3/h11-12,29-40H,1-2,13-28H2,3-10H3. The van der Waals surface area contributed by atoms with Crippen LogP contribution in [-0.2, 0) is 0 Å². The number of allylic oxidation sites excluding steroid dienone is 2. The zero-order valence-corrected chi connectivity index (χ0v) is 29.3. The van der Waals surface area contributed by atoms with Crippen LogP contribution in [0.5, 0.6) is 0 Å². The lowest BCUT2D eigenvalue weighted by molar-refractivity contribution is -0.135. The van der Waals surface area contributed by atoms with Crippen molar-refractivity contribution in [2.75, 3.05) is 0 Å². The Kier molecular flexibility index (Phi) is 14.1. The number of rotatable bonds is 16. The van der Waals surface area contributed by atoms with Gasteiger partial charge in [0.2, 0.25) is 0 Å². The quantitative estimate of drug-likeness (QED) is 0.129. The molecule has 0 aromatic heterocycles. The van der Waals surface area contributed by atoms with Crippen LogP contribution in [0.3, 0.4) is 0 Å². The van der Waals surface area contributed by atoms with Crippen molar-refractivity contribution in [2.45, 2.75) is 158 Å². The van der Waals surface area contributed by atoms with E-state index in [0.29, 0.717) is 11.3 Å². The summed E-state index contributed by atoms with van der Waals surface area (Å²) in [7, 11) is 0. The molecule has 0 aromatic rings. The van der Waals surface area contributed by atoms with E-state index in [1.165, 1.54) is 103 Å². The van der Waals surface area contributed by atoms with Gasteiger partial charge in [0.25, 0.3) is 0 Å². The Hall–Kier alpha value is -0.520. The highest BCUT2D eigenvalue weighted by Gasteiger charge is 2.56. The first-order chi connectivity index (χ1) is 19.6. The molecule has 0 heterocycles. The first kappa shape index (κ1) is 35.0.